The first-order chi connectivity index (χ1) is 12.0. The van der Waals surface area contributed by atoms with Crippen molar-refractivity contribution in [1.29, 1.82) is 0 Å². The summed E-state index contributed by atoms with van der Waals surface area (Å²) in [6.07, 6.45) is 5.36. The zero-order chi connectivity index (χ0) is 18.0. The topological polar surface area (TPSA) is 72.8 Å². The predicted molar refractivity (Wildman–Crippen MR) is 96.8 cm³/mol. The van der Waals surface area contributed by atoms with Crippen LogP contribution in [-0.2, 0) is 0 Å². The molecule has 0 unspecified atom stereocenters. The number of likely N-dealkylation sites (tertiary alicyclic amines) is 2. The van der Waals surface area contributed by atoms with Crippen LogP contribution in [-0.4, -0.2) is 83.2 Å². The van der Waals surface area contributed by atoms with E-state index >= 15 is 0 Å². The predicted octanol–water partition coefficient (Wildman–Crippen LogP) is 0.912. The van der Waals surface area contributed by atoms with Crippen LogP contribution in [0, 0.1) is 6.92 Å². The van der Waals surface area contributed by atoms with Gasteiger partial charge in [0, 0.05) is 46.0 Å². The molecule has 2 aliphatic heterocycles. The minimum Gasteiger partial charge on any atom is -0.392 e. The molecule has 1 N–H and O–H groups in total. The molecular formula is C18H29N5O2. The summed E-state index contributed by atoms with van der Waals surface area (Å²) in [5.74, 6) is 0.649. The summed E-state index contributed by atoms with van der Waals surface area (Å²) in [7, 11) is 3.77. The Hall–Kier alpha value is -1.73. The first-order valence-electron chi connectivity index (χ1n) is 9.18. The molecule has 2 saturated heterocycles. The maximum atomic E-state index is 12.8. The molecular weight excluding hydrogens is 318 g/mol. The van der Waals surface area contributed by atoms with E-state index in [0.717, 1.165) is 57.6 Å². The molecule has 1 aromatic heterocycles. The highest BCUT2D eigenvalue weighted by Crippen LogP contribution is 2.22. The molecule has 0 spiro atoms. The van der Waals surface area contributed by atoms with Crippen molar-refractivity contribution in [3.05, 3.63) is 17.5 Å². The highest BCUT2D eigenvalue weighted by atomic mass is 16.3. The number of hydrogen-bond acceptors (Lipinski definition) is 6. The first-order valence-corrected chi connectivity index (χ1v) is 9.18. The molecule has 0 saturated carbocycles. The quantitative estimate of drug-likeness (QED) is 0.876. The standard InChI is InChI=1S/C18H29N5O2/c1-13-16(11-19-18(20-13)21(2)3)17(25)22-9-6-14(7-10-22)23-8-4-5-15(24)12-23/h11,14-15,24H,4-10,12H2,1-3H3/t15-/m1/s1. The summed E-state index contributed by atoms with van der Waals surface area (Å²) in [4.78, 5) is 27.7. The molecule has 0 aliphatic carbocycles. The third-order valence-corrected chi connectivity index (χ3v) is 5.29. The summed E-state index contributed by atoms with van der Waals surface area (Å²) in [6.45, 7) is 5.21. The summed E-state index contributed by atoms with van der Waals surface area (Å²) < 4.78 is 0. The molecule has 1 amide bonds. The number of carbonyl (C=O) groups excluding carboxylic acids is 1. The Balaban J connectivity index is 1.60. The lowest BCUT2D eigenvalue weighted by Gasteiger charge is -2.41. The summed E-state index contributed by atoms with van der Waals surface area (Å²) in [6, 6.07) is 0.479. The number of β-amino-alcohol motifs (C(OH)–C–C–N with tert-alkyl or cyclic N) is 1. The van der Waals surface area contributed by atoms with Gasteiger partial charge >= 0.3 is 0 Å². The van der Waals surface area contributed by atoms with E-state index < -0.39 is 0 Å². The maximum Gasteiger partial charge on any atom is 0.257 e. The highest BCUT2D eigenvalue weighted by molar-refractivity contribution is 5.95. The third kappa shape index (κ3) is 4.10. The lowest BCUT2D eigenvalue weighted by atomic mass is 9.98. The van der Waals surface area contributed by atoms with Gasteiger partial charge < -0.3 is 14.9 Å². The largest absolute Gasteiger partial charge is 0.392 e. The minimum atomic E-state index is -0.191. The van der Waals surface area contributed by atoms with E-state index in [0.29, 0.717) is 17.6 Å². The molecule has 3 rings (SSSR count). The van der Waals surface area contributed by atoms with E-state index in [1.54, 1.807) is 6.20 Å². The van der Waals surface area contributed by atoms with Gasteiger partial charge in [-0.3, -0.25) is 9.69 Å². The van der Waals surface area contributed by atoms with Crippen molar-refractivity contribution >= 4 is 11.9 Å². The van der Waals surface area contributed by atoms with Crippen molar-refractivity contribution in [2.75, 3.05) is 45.2 Å². The van der Waals surface area contributed by atoms with E-state index in [4.69, 9.17) is 0 Å². The number of carbonyl (C=O) groups is 1. The Morgan fingerprint density at radius 2 is 1.96 bits per heavy atom. The maximum absolute atomic E-state index is 12.8. The monoisotopic (exact) mass is 347 g/mol. The van der Waals surface area contributed by atoms with Gasteiger partial charge in [-0.05, 0) is 39.2 Å². The fourth-order valence-electron chi connectivity index (χ4n) is 3.80. The second-order valence-electron chi connectivity index (χ2n) is 7.38. The third-order valence-electron chi connectivity index (χ3n) is 5.29. The second kappa shape index (κ2) is 7.66. The molecule has 0 bridgehead atoms. The number of anilines is 1. The summed E-state index contributed by atoms with van der Waals surface area (Å²) in [5, 5.41) is 9.87. The Kier molecular flexibility index (Phi) is 5.54. The van der Waals surface area contributed by atoms with Crippen LogP contribution in [0.2, 0.25) is 0 Å². The van der Waals surface area contributed by atoms with E-state index in [1.807, 2.05) is 30.8 Å². The van der Waals surface area contributed by atoms with Gasteiger partial charge in [0.25, 0.3) is 5.91 Å². The number of nitrogens with zero attached hydrogens (tertiary/aromatic N) is 5. The van der Waals surface area contributed by atoms with Gasteiger partial charge in [0.15, 0.2) is 0 Å². The van der Waals surface area contributed by atoms with E-state index in [2.05, 4.69) is 14.9 Å². The van der Waals surface area contributed by atoms with Crippen LogP contribution in [0.3, 0.4) is 0 Å². The van der Waals surface area contributed by atoms with Gasteiger partial charge in [-0.15, -0.1) is 0 Å². The van der Waals surface area contributed by atoms with E-state index in [1.165, 1.54) is 0 Å². The Labute approximate surface area is 149 Å². The van der Waals surface area contributed by atoms with Crippen molar-refractivity contribution < 1.29 is 9.90 Å². The molecule has 7 nitrogen and oxygen atoms in total. The molecule has 25 heavy (non-hydrogen) atoms. The van der Waals surface area contributed by atoms with Crippen molar-refractivity contribution in [2.45, 2.75) is 44.8 Å². The van der Waals surface area contributed by atoms with Gasteiger partial charge in [0.1, 0.15) is 0 Å². The van der Waals surface area contributed by atoms with Crippen LogP contribution in [0.1, 0.15) is 41.7 Å². The number of aromatic nitrogens is 2. The van der Waals surface area contributed by atoms with Crippen LogP contribution in [0.25, 0.3) is 0 Å². The van der Waals surface area contributed by atoms with Gasteiger partial charge in [0.2, 0.25) is 5.95 Å². The average molecular weight is 347 g/mol. The lowest BCUT2D eigenvalue weighted by Crippen LogP contribution is -2.50. The molecule has 2 fully saturated rings. The minimum absolute atomic E-state index is 0.0277. The highest BCUT2D eigenvalue weighted by Gasteiger charge is 2.30. The van der Waals surface area contributed by atoms with Crippen LogP contribution in [0.15, 0.2) is 6.20 Å². The fraction of sp³-hybridized carbons (Fsp3) is 0.722. The molecule has 0 aromatic carbocycles. The van der Waals surface area contributed by atoms with Crippen molar-refractivity contribution in [3.63, 3.8) is 0 Å². The number of rotatable bonds is 3. The Morgan fingerprint density at radius 3 is 2.56 bits per heavy atom. The van der Waals surface area contributed by atoms with Gasteiger partial charge in [-0.1, -0.05) is 0 Å². The molecule has 0 radical (unpaired) electrons. The molecule has 1 aromatic rings. The van der Waals surface area contributed by atoms with Crippen LogP contribution in [0.4, 0.5) is 5.95 Å². The zero-order valence-electron chi connectivity index (χ0n) is 15.5. The summed E-state index contributed by atoms with van der Waals surface area (Å²) >= 11 is 0. The van der Waals surface area contributed by atoms with Crippen molar-refractivity contribution in [1.82, 2.24) is 19.8 Å². The SMILES string of the molecule is Cc1nc(N(C)C)ncc1C(=O)N1CCC(N2CCC[C@@H](O)C2)CC1. The van der Waals surface area contributed by atoms with E-state index in [9.17, 15) is 9.90 Å². The second-order valence-corrected chi connectivity index (χ2v) is 7.38. The molecule has 138 valence electrons. The normalized spacial score (nSPS) is 22.9. The zero-order valence-corrected chi connectivity index (χ0v) is 15.5. The Morgan fingerprint density at radius 1 is 1.24 bits per heavy atom. The fourth-order valence-corrected chi connectivity index (χ4v) is 3.80. The number of aliphatic hydroxyl groups is 1. The van der Waals surface area contributed by atoms with Gasteiger partial charge in [-0.25, -0.2) is 9.97 Å². The number of hydrogen-bond donors (Lipinski definition) is 1. The first kappa shape index (κ1) is 18.1. The Bertz CT molecular complexity index is 613. The lowest BCUT2D eigenvalue weighted by molar-refractivity contribution is 0.0240. The van der Waals surface area contributed by atoms with E-state index in [-0.39, 0.29) is 12.0 Å². The average Bonchev–Trinajstić information content (AvgIpc) is 2.61. The van der Waals surface area contributed by atoms with Gasteiger partial charge in [-0.2, -0.15) is 0 Å². The van der Waals surface area contributed by atoms with Gasteiger partial charge in [0.05, 0.1) is 17.4 Å². The van der Waals surface area contributed by atoms with Crippen LogP contribution >= 0.6 is 0 Å². The number of piperidine rings is 2. The number of aryl methyl sites for hydroxylation is 1. The molecule has 3 heterocycles. The van der Waals surface area contributed by atoms with Crippen LogP contribution in [0.5, 0.6) is 0 Å². The van der Waals surface area contributed by atoms with Crippen LogP contribution < -0.4 is 4.90 Å². The van der Waals surface area contributed by atoms with Crippen molar-refractivity contribution in [3.8, 4) is 0 Å². The molecule has 7 heteroatoms. The number of amides is 1. The van der Waals surface area contributed by atoms with Crippen molar-refractivity contribution in [2.24, 2.45) is 0 Å². The number of aliphatic hydroxyl groups excluding tert-OH is 1. The summed E-state index contributed by atoms with van der Waals surface area (Å²) in [5.41, 5.74) is 1.32. The molecule has 1 atom stereocenters. The smallest absolute Gasteiger partial charge is 0.257 e. The molecule has 2 aliphatic rings.